The number of amides is 1. The molecule has 1 aliphatic carbocycles. The molecule has 1 heterocycles. The van der Waals surface area contributed by atoms with E-state index >= 15 is 0 Å². The van der Waals surface area contributed by atoms with E-state index in [0.717, 1.165) is 45.2 Å². The molecule has 1 unspecified atom stereocenters. The molecular formula is C21H33N3O2. The molecule has 1 aliphatic heterocycles. The van der Waals surface area contributed by atoms with Gasteiger partial charge in [0.2, 0.25) is 5.91 Å². The van der Waals surface area contributed by atoms with E-state index in [1.165, 1.54) is 53.9 Å². The third-order valence-electron chi connectivity index (χ3n) is 6.08. The van der Waals surface area contributed by atoms with Crippen LogP contribution in [-0.2, 0) is 30.5 Å². The molecule has 0 saturated carbocycles. The van der Waals surface area contributed by atoms with Crippen molar-refractivity contribution in [2.24, 2.45) is 5.92 Å². The van der Waals surface area contributed by atoms with Crippen molar-refractivity contribution in [2.45, 2.75) is 58.8 Å². The first-order chi connectivity index (χ1) is 12.7. The minimum Gasteiger partial charge on any atom is -0.383 e. The average Bonchev–Trinajstić information content (AvgIpc) is 3.19. The van der Waals surface area contributed by atoms with E-state index < -0.39 is 0 Å². The molecule has 0 bridgehead atoms. The zero-order chi connectivity index (χ0) is 18.5. The summed E-state index contributed by atoms with van der Waals surface area (Å²) in [5, 5.41) is 12.7. The molecule has 1 fully saturated rings. The van der Waals surface area contributed by atoms with E-state index in [2.05, 4.69) is 30.1 Å². The van der Waals surface area contributed by atoms with Crippen molar-refractivity contribution in [3.63, 3.8) is 0 Å². The number of benzene rings is 1. The Kier molecular flexibility index (Phi) is 6.54. The number of carbonyl (C=O) groups excluding carboxylic acids is 1. The molecule has 2 aliphatic rings. The number of aryl methyl sites for hydroxylation is 2. The lowest BCUT2D eigenvalue weighted by molar-refractivity contribution is -0.133. The number of hydrogen-bond acceptors (Lipinski definition) is 4. The minimum absolute atomic E-state index is 0.122. The normalized spacial score (nSPS) is 20.0. The Hall–Kier alpha value is -1.59. The number of fused-ring (bicyclic) bond motifs is 1. The molecule has 3 N–H and O–H groups in total. The summed E-state index contributed by atoms with van der Waals surface area (Å²) in [7, 11) is 0. The first-order valence-corrected chi connectivity index (χ1v) is 10.2. The van der Waals surface area contributed by atoms with Crippen molar-refractivity contribution < 1.29 is 10.0 Å². The summed E-state index contributed by atoms with van der Waals surface area (Å²) in [5.74, 6) is -0.372. The molecule has 5 heteroatoms. The van der Waals surface area contributed by atoms with Gasteiger partial charge in [0.1, 0.15) is 0 Å². The molecule has 144 valence electrons. The molecular weight excluding hydrogens is 326 g/mol. The molecule has 1 amide bonds. The molecule has 26 heavy (non-hydrogen) atoms. The minimum atomic E-state index is -0.249. The van der Waals surface area contributed by atoms with Gasteiger partial charge in [0.05, 0.1) is 0 Å². The predicted octanol–water partition coefficient (Wildman–Crippen LogP) is 2.93. The number of nitrogens with one attached hydrogen (secondary N) is 2. The van der Waals surface area contributed by atoms with Gasteiger partial charge in [-0.2, -0.15) is 0 Å². The summed E-state index contributed by atoms with van der Waals surface area (Å²) in [5.41, 5.74) is 8.62. The second kappa shape index (κ2) is 8.87. The monoisotopic (exact) mass is 359 g/mol. The largest absolute Gasteiger partial charge is 0.383 e. The molecule has 5 nitrogen and oxygen atoms in total. The van der Waals surface area contributed by atoms with E-state index in [4.69, 9.17) is 5.21 Å². The average molecular weight is 360 g/mol. The summed E-state index contributed by atoms with van der Waals surface area (Å²) < 4.78 is 0. The first kappa shape index (κ1) is 19.2. The van der Waals surface area contributed by atoms with Crippen molar-refractivity contribution in [3.8, 4) is 0 Å². The van der Waals surface area contributed by atoms with Gasteiger partial charge in [-0.1, -0.05) is 19.9 Å². The SMILES string of the molecule is CCc1cc2c(c(CC)c1NCCN1CCCC1)CC(C(=O)NO)CC2. The van der Waals surface area contributed by atoms with Crippen LogP contribution in [0.4, 0.5) is 5.69 Å². The third kappa shape index (κ3) is 4.04. The Morgan fingerprint density at radius 3 is 2.69 bits per heavy atom. The summed E-state index contributed by atoms with van der Waals surface area (Å²) in [6.07, 6.45) is 7.11. The number of likely N-dealkylation sites (tertiary alicyclic amines) is 1. The molecule has 1 aromatic carbocycles. The highest BCUT2D eigenvalue weighted by molar-refractivity contribution is 5.78. The van der Waals surface area contributed by atoms with Crippen molar-refractivity contribution in [2.75, 3.05) is 31.5 Å². The molecule has 0 radical (unpaired) electrons. The maximum atomic E-state index is 11.9. The number of hydrogen-bond donors (Lipinski definition) is 3. The fourth-order valence-corrected chi connectivity index (χ4v) is 4.61. The molecule has 1 saturated heterocycles. The van der Waals surface area contributed by atoms with E-state index in [1.54, 1.807) is 0 Å². The van der Waals surface area contributed by atoms with Crippen molar-refractivity contribution >= 4 is 11.6 Å². The third-order valence-corrected chi connectivity index (χ3v) is 6.08. The Morgan fingerprint density at radius 1 is 1.27 bits per heavy atom. The maximum absolute atomic E-state index is 11.9. The fraction of sp³-hybridized carbons (Fsp3) is 0.667. The summed E-state index contributed by atoms with van der Waals surface area (Å²) in [6, 6.07) is 2.35. The molecule has 1 atom stereocenters. The van der Waals surface area contributed by atoms with Gasteiger partial charge in [-0.05, 0) is 80.3 Å². The fourth-order valence-electron chi connectivity index (χ4n) is 4.61. The topological polar surface area (TPSA) is 64.6 Å². The highest BCUT2D eigenvalue weighted by atomic mass is 16.5. The molecule has 0 aromatic heterocycles. The van der Waals surface area contributed by atoms with Gasteiger partial charge in [-0.25, -0.2) is 5.48 Å². The number of hydroxylamine groups is 1. The van der Waals surface area contributed by atoms with Crippen LogP contribution in [0.1, 0.15) is 55.4 Å². The van der Waals surface area contributed by atoms with Gasteiger partial charge in [0, 0.05) is 24.7 Å². The van der Waals surface area contributed by atoms with Crippen LogP contribution in [0.2, 0.25) is 0 Å². The van der Waals surface area contributed by atoms with Crippen LogP contribution in [-0.4, -0.2) is 42.2 Å². The number of anilines is 1. The quantitative estimate of drug-likeness (QED) is 0.517. The number of nitrogens with zero attached hydrogens (tertiary/aromatic N) is 1. The summed E-state index contributed by atoms with van der Waals surface area (Å²) in [4.78, 5) is 14.5. The smallest absolute Gasteiger partial charge is 0.246 e. The van der Waals surface area contributed by atoms with Crippen LogP contribution in [0.25, 0.3) is 0 Å². The maximum Gasteiger partial charge on any atom is 0.246 e. The van der Waals surface area contributed by atoms with Crippen molar-refractivity contribution in [3.05, 3.63) is 28.3 Å². The number of carbonyl (C=O) groups is 1. The van der Waals surface area contributed by atoms with Gasteiger partial charge in [0.25, 0.3) is 0 Å². The first-order valence-electron chi connectivity index (χ1n) is 10.2. The highest BCUT2D eigenvalue weighted by Gasteiger charge is 2.28. The Morgan fingerprint density at radius 2 is 2.04 bits per heavy atom. The second-order valence-corrected chi connectivity index (χ2v) is 7.63. The van der Waals surface area contributed by atoms with Crippen molar-refractivity contribution in [1.82, 2.24) is 10.4 Å². The van der Waals surface area contributed by atoms with Crippen LogP contribution in [0.3, 0.4) is 0 Å². The zero-order valence-electron chi connectivity index (χ0n) is 16.2. The van der Waals surface area contributed by atoms with Gasteiger partial charge >= 0.3 is 0 Å². The van der Waals surface area contributed by atoms with Gasteiger partial charge in [0.15, 0.2) is 0 Å². The Balaban J connectivity index is 1.82. The Bertz CT molecular complexity index is 639. The lowest BCUT2D eigenvalue weighted by atomic mass is 9.79. The highest BCUT2D eigenvalue weighted by Crippen LogP contribution is 2.35. The van der Waals surface area contributed by atoms with E-state index in [0.29, 0.717) is 0 Å². The predicted molar refractivity (Wildman–Crippen MR) is 105 cm³/mol. The molecule has 0 spiro atoms. The van der Waals surface area contributed by atoms with Crippen molar-refractivity contribution in [1.29, 1.82) is 0 Å². The van der Waals surface area contributed by atoms with Crippen LogP contribution in [0, 0.1) is 5.92 Å². The second-order valence-electron chi connectivity index (χ2n) is 7.63. The van der Waals surface area contributed by atoms with E-state index in [-0.39, 0.29) is 11.8 Å². The Labute approximate surface area is 157 Å². The zero-order valence-corrected chi connectivity index (χ0v) is 16.2. The summed E-state index contributed by atoms with van der Waals surface area (Å²) in [6.45, 7) is 8.95. The van der Waals surface area contributed by atoms with Crippen LogP contribution < -0.4 is 10.8 Å². The number of rotatable bonds is 7. The van der Waals surface area contributed by atoms with Gasteiger partial charge < -0.3 is 10.2 Å². The summed E-state index contributed by atoms with van der Waals surface area (Å²) >= 11 is 0. The van der Waals surface area contributed by atoms with Crippen LogP contribution >= 0.6 is 0 Å². The lowest BCUT2D eigenvalue weighted by Gasteiger charge is -2.29. The van der Waals surface area contributed by atoms with Crippen LogP contribution in [0.15, 0.2) is 6.07 Å². The standard InChI is InChI=1S/C21H33N3O2/c1-3-15-13-16-7-8-17(21(25)23-26)14-19(16)18(4-2)20(15)22-9-12-24-10-5-6-11-24/h13,17,22,26H,3-12,14H2,1-2H3,(H,23,25). The van der Waals surface area contributed by atoms with E-state index in [1.807, 2.05) is 5.48 Å². The van der Waals surface area contributed by atoms with E-state index in [9.17, 15) is 4.79 Å². The molecule has 1 aromatic rings. The van der Waals surface area contributed by atoms with Gasteiger partial charge in [-0.15, -0.1) is 0 Å². The van der Waals surface area contributed by atoms with Crippen LogP contribution in [0.5, 0.6) is 0 Å². The lowest BCUT2D eigenvalue weighted by Crippen LogP contribution is -2.32. The molecule has 3 rings (SSSR count). The van der Waals surface area contributed by atoms with Gasteiger partial charge in [-0.3, -0.25) is 10.0 Å².